The van der Waals surface area contributed by atoms with Gasteiger partial charge in [-0.25, -0.2) is 0 Å². The zero-order valence-electron chi connectivity index (χ0n) is 16.3. The van der Waals surface area contributed by atoms with Crippen molar-refractivity contribution in [1.82, 2.24) is 4.90 Å². The van der Waals surface area contributed by atoms with Crippen LogP contribution in [0.2, 0.25) is 0 Å². The third kappa shape index (κ3) is 3.45. The Labute approximate surface area is 168 Å². The van der Waals surface area contributed by atoms with E-state index in [4.69, 9.17) is 0 Å². The average molecular weight is 387 g/mol. The number of anilines is 2. The summed E-state index contributed by atoms with van der Waals surface area (Å²) in [5, 5.41) is 4.36. The molecule has 1 N–H and O–H groups in total. The summed E-state index contributed by atoms with van der Waals surface area (Å²) in [7, 11) is 3.89. The van der Waals surface area contributed by atoms with Gasteiger partial charge in [-0.3, -0.25) is 19.3 Å². The summed E-state index contributed by atoms with van der Waals surface area (Å²) in [5.74, 6) is -0.967. The van der Waals surface area contributed by atoms with Crippen LogP contribution in [0, 0.1) is 0 Å². The summed E-state index contributed by atoms with van der Waals surface area (Å²) in [6.07, 6.45) is 0.0328. The van der Waals surface area contributed by atoms with Gasteiger partial charge in [0.05, 0.1) is 0 Å². The second kappa shape index (κ2) is 7.39. The van der Waals surface area contributed by atoms with Gasteiger partial charge in [-0.05, 0) is 41.8 Å². The molecule has 1 aliphatic heterocycles. The molecule has 0 saturated carbocycles. The fraction of sp³-hybridized carbons (Fsp3) is 0.174. The van der Waals surface area contributed by atoms with Gasteiger partial charge in [-0.2, -0.15) is 0 Å². The maximum absolute atomic E-state index is 12.9. The van der Waals surface area contributed by atoms with Crippen molar-refractivity contribution in [3.05, 3.63) is 71.8 Å². The highest BCUT2D eigenvalue weighted by atomic mass is 16.2. The molecular formula is C23H21N3O3. The monoisotopic (exact) mass is 387 g/mol. The second-order valence-corrected chi connectivity index (χ2v) is 7.21. The van der Waals surface area contributed by atoms with Crippen LogP contribution in [0.3, 0.4) is 0 Å². The number of carbonyl (C=O) groups is 3. The molecule has 0 unspecified atom stereocenters. The molecule has 3 amide bonds. The number of carbonyl (C=O) groups excluding carboxylic acids is 3. The van der Waals surface area contributed by atoms with Crippen LogP contribution in [0.1, 0.15) is 27.1 Å². The molecule has 0 bridgehead atoms. The Morgan fingerprint density at radius 2 is 1.48 bits per heavy atom. The van der Waals surface area contributed by atoms with Crippen molar-refractivity contribution in [2.45, 2.75) is 6.42 Å². The van der Waals surface area contributed by atoms with Crippen molar-refractivity contribution in [2.24, 2.45) is 0 Å². The lowest BCUT2D eigenvalue weighted by Crippen LogP contribution is -2.41. The molecule has 146 valence electrons. The summed E-state index contributed by atoms with van der Waals surface area (Å²) >= 11 is 0. The van der Waals surface area contributed by atoms with Gasteiger partial charge in [0.2, 0.25) is 5.91 Å². The Morgan fingerprint density at radius 1 is 0.897 bits per heavy atom. The van der Waals surface area contributed by atoms with E-state index in [1.165, 1.54) is 0 Å². The number of imide groups is 1. The molecule has 1 aliphatic rings. The lowest BCUT2D eigenvalue weighted by atomic mass is 9.94. The standard InChI is InChI=1S/C23H21N3O3/c1-25(2)17-11-9-16(10-12-17)24-20(27)13-14-26-22(28)18-7-3-5-15-6-4-8-19(21(15)18)23(26)29/h3-12H,13-14H2,1-2H3,(H,24,27). The fourth-order valence-corrected chi connectivity index (χ4v) is 3.56. The van der Waals surface area contributed by atoms with Crippen LogP contribution in [-0.2, 0) is 4.79 Å². The van der Waals surface area contributed by atoms with E-state index in [0.717, 1.165) is 16.0 Å². The number of nitrogens with zero attached hydrogens (tertiary/aromatic N) is 2. The minimum Gasteiger partial charge on any atom is -0.378 e. The van der Waals surface area contributed by atoms with Gasteiger partial charge in [-0.15, -0.1) is 0 Å². The maximum Gasteiger partial charge on any atom is 0.261 e. The van der Waals surface area contributed by atoms with E-state index < -0.39 is 0 Å². The van der Waals surface area contributed by atoms with Crippen LogP contribution in [0.25, 0.3) is 10.8 Å². The van der Waals surface area contributed by atoms with Crippen molar-refractivity contribution in [2.75, 3.05) is 30.9 Å². The zero-order valence-corrected chi connectivity index (χ0v) is 16.3. The van der Waals surface area contributed by atoms with E-state index in [-0.39, 0.29) is 30.7 Å². The van der Waals surface area contributed by atoms with E-state index in [1.807, 2.05) is 55.4 Å². The zero-order chi connectivity index (χ0) is 20.5. The van der Waals surface area contributed by atoms with E-state index in [9.17, 15) is 14.4 Å². The predicted octanol–water partition coefficient (Wildman–Crippen LogP) is 3.53. The summed E-state index contributed by atoms with van der Waals surface area (Å²) in [6, 6.07) is 18.3. The van der Waals surface area contributed by atoms with Crippen LogP contribution in [0.15, 0.2) is 60.7 Å². The van der Waals surface area contributed by atoms with Gasteiger partial charge in [0.15, 0.2) is 0 Å². The minimum atomic E-state index is -0.359. The second-order valence-electron chi connectivity index (χ2n) is 7.21. The number of hydrogen-bond donors (Lipinski definition) is 1. The first-order valence-electron chi connectivity index (χ1n) is 9.41. The summed E-state index contributed by atoms with van der Waals surface area (Å²) < 4.78 is 0. The smallest absolute Gasteiger partial charge is 0.261 e. The first-order chi connectivity index (χ1) is 14.0. The predicted molar refractivity (Wildman–Crippen MR) is 113 cm³/mol. The van der Waals surface area contributed by atoms with Gasteiger partial charge in [0, 0.05) is 54.9 Å². The van der Waals surface area contributed by atoms with E-state index in [2.05, 4.69) is 5.32 Å². The van der Waals surface area contributed by atoms with Crippen LogP contribution in [-0.4, -0.2) is 43.3 Å². The molecule has 0 aliphatic carbocycles. The molecule has 6 heteroatoms. The highest BCUT2D eigenvalue weighted by molar-refractivity contribution is 6.25. The molecule has 0 fully saturated rings. The van der Waals surface area contributed by atoms with Crippen LogP contribution in [0.5, 0.6) is 0 Å². The number of rotatable bonds is 5. The Kier molecular flexibility index (Phi) is 4.76. The Balaban J connectivity index is 1.47. The van der Waals surface area contributed by atoms with Crippen LogP contribution < -0.4 is 10.2 Å². The quantitative estimate of drug-likeness (QED) is 0.680. The van der Waals surface area contributed by atoms with Crippen molar-refractivity contribution in [3.63, 3.8) is 0 Å². The largest absolute Gasteiger partial charge is 0.378 e. The first kappa shape index (κ1) is 18.7. The molecule has 4 rings (SSSR count). The normalized spacial score (nSPS) is 13.0. The molecule has 0 atom stereocenters. The van der Waals surface area contributed by atoms with Crippen molar-refractivity contribution >= 4 is 39.9 Å². The maximum atomic E-state index is 12.9. The third-order valence-electron chi connectivity index (χ3n) is 5.09. The van der Waals surface area contributed by atoms with Crippen molar-refractivity contribution in [3.8, 4) is 0 Å². The van der Waals surface area contributed by atoms with Crippen molar-refractivity contribution in [1.29, 1.82) is 0 Å². The van der Waals surface area contributed by atoms with Gasteiger partial charge in [-0.1, -0.05) is 24.3 Å². The van der Waals surface area contributed by atoms with Gasteiger partial charge < -0.3 is 10.2 Å². The third-order valence-corrected chi connectivity index (χ3v) is 5.09. The number of amides is 3. The summed E-state index contributed by atoms with van der Waals surface area (Å²) in [5.41, 5.74) is 2.70. The molecule has 0 saturated heterocycles. The molecule has 0 aromatic heterocycles. The lowest BCUT2D eigenvalue weighted by molar-refractivity contribution is -0.116. The molecule has 0 radical (unpaired) electrons. The molecule has 29 heavy (non-hydrogen) atoms. The lowest BCUT2D eigenvalue weighted by Gasteiger charge is -2.27. The van der Waals surface area contributed by atoms with Crippen molar-refractivity contribution < 1.29 is 14.4 Å². The molecule has 6 nitrogen and oxygen atoms in total. The summed E-state index contributed by atoms with van der Waals surface area (Å²) in [6.45, 7) is 0.0317. The first-order valence-corrected chi connectivity index (χ1v) is 9.41. The highest BCUT2D eigenvalue weighted by Crippen LogP contribution is 2.30. The average Bonchev–Trinajstić information content (AvgIpc) is 2.72. The van der Waals surface area contributed by atoms with Gasteiger partial charge in [0.1, 0.15) is 0 Å². The fourth-order valence-electron chi connectivity index (χ4n) is 3.56. The Hall–Kier alpha value is -3.67. The van der Waals surface area contributed by atoms with E-state index >= 15 is 0 Å². The summed E-state index contributed by atoms with van der Waals surface area (Å²) in [4.78, 5) is 41.2. The Bertz CT molecular complexity index is 1070. The van der Waals surface area contributed by atoms with E-state index in [1.54, 1.807) is 24.3 Å². The van der Waals surface area contributed by atoms with Crippen LogP contribution >= 0.6 is 0 Å². The topological polar surface area (TPSA) is 69.7 Å². The molecule has 1 heterocycles. The van der Waals surface area contributed by atoms with Gasteiger partial charge in [0.25, 0.3) is 11.8 Å². The van der Waals surface area contributed by atoms with Crippen LogP contribution in [0.4, 0.5) is 11.4 Å². The number of benzene rings is 3. The highest BCUT2D eigenvalue weighted by Gasteiger charge is 2.32. The minimum absolute atomic E-state index is 0.0317. The Morgan fingerprint density at radius 3 is 2.03 bits per heavy atom. The van der Waals surface area contributed by atoms with E-state index in [0.29, 0.717) is 22.2 Å². The molecular weight excluding hydrogens is 366 g/mol. The number of hydrogen-bond acceptors (Lipinski definition) is 4. The molecule has 0 spiro atoms. The molecule has 3 aromatic carbocycles. The number of nitrogens with one attached hydrogen (secondary N) is 1. The molecule has 3 aromatic rings. The van der Waals surface area contributed by atoms with Gasteiger partial charge >= 0.3 is 0 Å². The SMILES string of the molecule is CN(C)c1ccc(NC(=O)CCN2C(=O)c3cccc4cccc(c34)C2=O)cc1.